The van der Waals surface area contributed by atoms with E-state index in [1.807, 2.05) is 25.1 Å². The standard InChI is InChI=1S/C13H13ClN2O2/c1-2-9-17-10-5-3-4-6-11(10)18-13-12(14)15-7-8-16-13/h3-8H,2,9H2,1H3. The Hall–Kier alpha value is -1.81. The molecular weight excluding hydrogens is 252 g/mol. The highest BCUT2D eigenvalue weighted by molar-refractivity contribution is 6.30. The van der Waals surface area contributed by atoms with Gasteiger partial charge in [-0.25, -0.2) is 9.97 Å². The maximum absolute atomic E-state index is 5.89. The van der Waals surface area contributed by atoms with E-state index in [1.54, 1.807) is 6.07 Å². The number of halogens is 1. The van der Waals surface area contributed by atoms with Gasteiger partial charge in [-0.3, -0.25) is 0 Å². The number of rotatable bonds is 5. The normalized spacial score (nSPS) is 10.1. The van der Waals surface area contributed by atoms with Crippen LogP contribution in [-0.4, -0.2) is 16.6 Å². The molecule has 94 valence electrons. The molecule has 4 nitrogen and oxygen atoms in total. The van der Waals surface area contributed by atoms with Crippen molar-refractivity contribution in [1.29, 1.82) is 0 Å². The molecule has 0 amide bonds. The van der Waals surface area contributed by atoms with Crippen molar-refractivity contribution in [3.8, 4) is 17.4 Å². The summed E-state index contributed by atoms with van der Waals surface area (Å²) >= 11 is 5.89. The van der Waals surface area contributed by atoms with Gasteiger partial charge in [0.1, 0.15) is 0 Å². The number of nitrogens with zero attached hydrogens (tertiary/aromatic N) is 2. The van der Waals surface area contributed by atoms with Crippen molar-refractivity contribution in [3.63, 3.8) is 0 Å². The van der Waals surface area contributed by atoms with Gasteiger partial charge in [-0.2, -0.15) is 0 Å². The van der Waals surface area contributed by atoms with Crippen LogP contribution in [0.1, 0.15) is 13.3 Å². The SMILES string of the molecule is CCCOc1ccccc1Oc1nccnc1Cl. The molecule has 5 heteroatoms. The van der Waals surface area contributed by atoms with Gasteiger partial charge in [0, 0.05) is 12.4 Å². The maximum atomic E-state index is 5.89. The number of para-hydroxylation sites is 2. The number of hydrogen-bond donors (Lipinski definition) is 0. The fourth-order valence-electron chi connectivity index (χ4n) is 1.35. The fraction of sp³-hybridized carbons (Fsp3) is 0.231. The third kappa shape index (κ3) is 3.11. The van der Waals surface area contributed by atoms with Crippen LogP contribution in [0.15, 0.2) is 36.7 Å². The van der Waals surface area contributed by atoms with Crippen LogP contribution in [0.5, 0.6) is 17.4 Å². The largest absolute Gasteiger partial charge is 0.490 e. The first-order chi connectivity index (χ1) is 8.81. The molecule has 0 fully saturated rings. The van der Waals surface area contributed by atoms with Crippen molar-refractivity contribution < 1.29 is 9.47 Å². The van der Waals surface area contributed by atoms with E-state index in [0.29, 0.717) is 18.1 Å². The first kappa shape index (κ1) is 12.6. The van der Waals surface area contributed by atoms with E-state index in [2.05, 4.69) is 9.97 Å². The van der Waals surface area contributed by atoms with Crippen molar-refractivity contribution in [2.45, 2.75) is 13.3 Å². The Labute approximate surface area is 111 Å². The van der Waals surface area contributed by atoms with Gasteiger partial charge < -0.3 is 9.47 Å². The smallest absolute Gasteiger partial charge is 0.257 e. The van der Waals surface area contributed by atoms with Gasteiger partial charge in [-0.1, -0.05) is 30.7 Å². The molecule has 0 aliphatic rings. The lowest BCUT2D eigenvalue weighted by Crippen LogP contribution is -1.98. The Morgan fingerprint density at radius 3 is 2.56 bits per heavy atom. The number of hydrogen-bond acceptors (Lipinski definition) is 4. The van der Waals surface area contributed by atoms with Gasteiger partial charge in [0.05, 0.1) is 6.61 Å². The molecule has 0 saturated carbocycles. The third-order valence-electron chi connectivity index (χ3n) is 2.14. The molecule has 0 aliphatic heterocycles. The van der Waals surface area contributed by atoms with Gasteiger partial charge in [0.25, 0.3) is 5.88 Å². The summed E-state index contributed by atoms with van der Waals surface area (Å²) in [6, 6.07) is 7.39. The molecule has 0 radical (unpaired) electrons. The van der Waals surface area contributed by atoms with Crippen molar-refractivity contribution >= 4 is 11.6 Å². The van der Waals surface area contributed by atoms with Gasteiger partial charge in [-0.05, 0) is 18.6 Å². The van der Waals surface area contributed by atoms with E-state index in [9.17, 15) is 0 Å². The van der Waals surface area contributed by atoms with Crippen molar-refractivity contribution in [2.24, 2.45) is 0 Å². The summed E-state index contributed by atoms with van der Waals surface area (Å²) in [4.78, 5) is 7.93. The highest BCUT2D eigenvalue weighted by Gasteiger charge is 2.09. The van der Waals surface area contributed by atoms with Crippen molar-refractivity contribution in [2.75, 3.05) is 6.61 Å². The summed E-state index contributed by atoms with van der Waals surface area (Å²) in [6.07, 6.45) is 3.96. The number of benzene rings is 1. The van der Waals surface area contributed by atoms with E-state index in [-0.39, 0.29) is 11.0 Å². The van der Waals surface area contributed by atoms with Crippen molar-refractivity contribution in [1.82, 2.24) is 9.97 Å². The van der Waals surface area contributed by atoms with Crippen LogP contribution in [0.2, 0.25) is 5.15 Å². The van der Waals surface area contributed by atoms with E-state index in [1.165, 1.54) is 12.4 Å². The lowest BCUT2D eigenvalue weighted by atomic mass is 10.3. The molecule has 1 heterocycles. The Bertz CT molecular complexity index is 520. The quantitative estimate of drug-likeness (QED) is 0.826. The highest BCUT2D eigenvalue weighted by Crippen LogP contribution is 2.32. The molecule has 1 aromatic carbocycles. The Kier molecular flexibility index (Phi) is 4.36. The molecule has 2 rings (SSSR count). The predicted octanol–water partition coefficient (Wildman–Crippen LogP) is 3.71. The predicted molar refractivity (Wildman–Crippen MR) is 69.3 cm³/mol. The zero-order valence-electron chi connectivity index (χ0n) is 9.97. The zero-order chi connectivity index (χ0) is 12.8. The second kappa shape index (κ2) is 6.21. The molecule has 0 spiro atoms. The molecule has 18 heavy (non-hydrogen) atoms. The topological polar surface area (TPSA) is 44.2 Å². The summed E-state index contributed by atoms with van der Waals surface area (Å²) < 4.78 is 11.2. The summed E-state index contributed by atoms with van der Waals surface area (Å²) in [5.74, 6) is 1.51. The van der Waals surface area contributed by atoms with Gasteiger partial charge in [0.15, 0.2) is 16.7 Å². The minimum Gasteiger partial charge on any atom is -0.490 e. The van der Waals surface area contributed by atoms with Crippen LogP contribution >= 0.6 is 11.6 Å². The number of ether oxygens (including phenoxy) is 2. The second-order valence-corrected chi connectivity index (χ2v) is 3.91. The molecule has 0 bridgehead atoms. The molecule has 0 unspecified atom stereocenters. The van der Waals surface area contributed by atoms with E-state index < -0.39 is 0 Å². The zero-order valence-corrected chi connectivity index (χ0v) is 10.7. The monoisotopic (exact) mass is 264 g/mol. The Balaban J connectivity index is 2.21. The molecule has 0 aliphatic carbocycles. The molecule has 1 aromatic heterocycles. The van der Waals surface area contributed by atoms with Crippen LogP contribution in [0, 0.1) is 0 Å². The Morgan fingerprint density at radius 2 is 1.83 bits per heavy atom. The summed E-state index contributed by atoms with van der Waals surface area (Å²) in [6.45, 7) is 2.68. The molecule has 0 atom stereocenters. The fourth-order valence-corrected chi connectivity index (χ4v) is 1.49. The Morgan fingerprint density at radius 1 is 1.11 bits per heavy atom. The van der Waals surface area contributed by atoms with Crippen LogP contribution in [0.4, 0.5) is 0 Å². The molecular formula is C13H13ClN2O2. The highest BCUT2D eigenvalue weighted by atomic mass is 35.5. The van der Waals surface area contributed by atoms with E-state index in [0.717, 1.165) is 6.42 Å². The van der Waals surface area contributed by atoms with Crippen LogP contribution in [0.25, 0.3) is 0 Å². The summed E-state index contributed by atoms with van der Waals surface area (Å²) in [7, 11) is 0. The van der Waals surface area contributed by atoms with Gasteiger partial charge in [0.2, 0.25) is 0 Å². The minimum atomic E-state index is 0.225. The second-order valence-electron chi connectivity index (χ2n) is 3.55. The molecule has 0 N–H and O–H groups in total. The molecule has 0 saturated heterocycles. The van der Waals surface area contributed by atoms with Crippen molar-refractivity contribution in [3.05, 3.63) is 41.8 Å². The first-order valence-electron chi connectivity index (χ1n) is 5.67. The van der Waals surface area contributed by atoms with E-state index >= 15 is 0 Å². The van der Waals surface area contributed by atoms with Gasteiger partial charge >= 0.3 is 0 Å². The van der Waals surface area contributed by atoms with Gasteiger partial charge in [-0.15, -0.1) is 0 Å². The lowest BCUT2D eigenvalue weighted by Gasteiger charge is -2.11. The maximum Gasteiger partial charge on any atom is 0.257 e. The average Bonchev–Trinajstić information content (AvgIpc) is 2.40. The van der Waals surface area contributed by atoms with Crippen LogP contribution < -0.4 is 9.47 Å². The minimum absolute atomic E-state index is 0.225. The lowest BCUT2D eigenvalue weighted by molar-refractivity contribution is 0.300. The van der Waals surface area contributed by atoms with Crippen LogP contribution in [0.3, 0.4) is 0 Å². The summed E-state index contributed by atoms with van der Waals surface area (Å²) in [5, 5.41) is 0.225. The third-order valence-corrected chi connectivity index (χ3v) is 2.40. The number of aromatic nitrogens is 2. The van der Waals surface area contributed by atoms with E-state index in [4.69, 9.17) is 21.1 Å². The first-order valence-corrected chi connectivity index (χ1v) is 6.05. The van der Waals surface area contributed by atoms with Crippen LogP contribution in [-0.2, 0) is 0 Å². The summed E-state index contributed by atoms with van der Waals surface area (Å²) in [5.41, 5.74) is 0. The average molecular weight is 265 g/mol. The molecule has 2 aromatic rings.